The van der Waals surface area contributed by atoms with Gasteiger partial charge in [0.1, 0.15) is 5.82 Å². The molecule has 106 valence electrons. The van der Waals surface area contributed by atoms with Gasteiger partial charge in [0.15, 0.2) is 11.6 Å². The molecule has 2 rings (SSSR count). The summed E-state index contributed by atoms with van der Waals surface area (Å²) in [7, 11) is 0. The van der Waals surface area contributed by atoms with Crippen LogP contribution >= 0.6 is 11.8 Å². The topological polar surface area (TPSA) is 20.2 Å². The molecule has 0 aliphatic heterocycles. The highest BCUT2D eigenvalue weighted by Crippen LogP contribution is 2.28. The van der Waals surface area contributed by atoms with Gasteiger partial charge < -0.3 is 5.11 Å². The summed E-state index contributed by atoms with van der Waals surface area (Å²) in [5.74, 6) is -2.24. The molecule has 0 heterocycles. The number of aliphatic hydroxyl groups is 1. The molecule has 0 aliphatic carbocycles. The minimum absolute atomic E-state index is 0.0861. The summed E-state index contributed by atoms with van der Waals surface area (Å²) in [5.41, 5.74) is 0.105. The van der Waals surface area contributed by atoms with Gasteiger partial charge in [-0.2, -0.15) is 0 Å². The molecule has 1 nitrogen and oxygen atoms in total. The zero-order valence-corrected chi connectivity index (χ0v) is 11.6. The highest BCUT2D eigenvalue weighted by Gasteiger charge is 2.17. The number of hydrogen-bond acceptors (Lipinski definition) is 2. The van der Waals surface area contributed by atoms with Crippen LogP contribution in [0, 0.1) is 24.4 Å². The Morgan fingerprint density at radius 3 is 2.55 bits per heavy atom. The van der Waals surface area contributed by atoms with E-state index in [1.165, 1.54) is 43.0 Å². The van der Waals surface area contributed by atoms with E-state index in [2.05, 4.69) is 0 Å². The van der Waals surface area contributed by atoms with Crippen molar-refractivity contribution in [1.82, 2.24) is 0 Å². The first-order valence-electron chi connectivity index (χ1n) is 6.00. The maximum atomic E-state index is 13.7. The van der Waals surface area contributed by atoms with Crippen LogP contribution in [0.1, 0.15) is 17.2 Å². The summed E-state index contributed by atoms with van der Waals surface area (Å²) in [6, 6.07) is 8.66. The Morgan fingerprint density at radius 1 is 1.10 bits per heavy atom. The molecule has 0 aromatic heterocycles. The molecule has 5 heteroatoms. The predicted octanol–water partition coefficient (Wildman–Crippen LogP) is 4.24. The van der Waals surface area contributed by atoms with Gasteiger partial charge in [0, 0.05) is 16.2 Å². The molecule has 0 saturated heterocycles. The van der Waals surface area contributed by atoms with Crippen molar-refractivity contribution in [2.24, 2.45) is 0 Å². The summed E-state index contributed by atoms with van der Waals surface area (Å²) < 4.78 is 40.1. The summed E-state index contributed by atoms with van der Waals surface area (Å²) in [6.45, 7) is 1.45. The lowest BCUT2D eigenvalue weighted by Crippen LogP contribution is -2.06. The third-order valence-electron chi connectivity index (χ3n) is 2.87. The number of thioether (sulfide) groups is 1. The van der Waals surface area contributed by atoms with Crippen LogP contribution in [0.25, 0.3) is 0 Å². The minimum Gasteiger partial charge on any atom is -0.387 e. The zero-order valence-electron chi connectivity index (χ0n) is 10.7. The first-order valence-corrected chi connectivity index (χ1v) is 6.98. The number of rotatable bonds is 4. The molecule has 0 fully saturated rings. The Bertz CT molecular complexity index is 616. The fraction of sp³-hybridized carbons (Fsp3) is 0.200. The smallest absolute Gasteiger partial charge is 0.164 e. The van der Waals surface area contributed by atoms with Crippen molar-refractivity contribution in [3.8, 4) is 0 Å². The summed E-state index contributed by atoms with van der Waals surface area (Å²) in [5, 5.41) is 9.93. The Hall–Kier alpha value is -1.46. The van der Waals surface area contributed by atoms with E-state index < -0.39 is 17.7 Å². The molecule has 0 spiro atoms. The molecular formula is C15H13F3OS. The summed E-state index contributed by atoms with van der Waals surface area (Å²) in [6.07, 6.45) is -1.15. The van der Waals surface area contributed by atoms with E-state index in [1.807, 2.05) is 0 Å². The van der Waals surface area contributed by atoms with Crippen molar-refractivity contribution in [3.63, 3.8) is 0 Å². The van der Waals surface area contributed by atoms with Gasteiger partial charge in [0.25, 0.3) is 0 Å². The Labute approximate surface area is 119 Å². The summed E-state index contributed by atoms with van der Waals surface area (Å²) >= 11 is 1.18. The van der Waals surface area contributed by atoms with Crippen LogP contribution in [-0.2, 0) is 0 Å². The van der Waals surface area contributed by atoms with Gasteiger partial charge in [-0.3, -0.25) is 0 Å². The molecule has 1 atom stereocenters. The van der Waals surface area contributed by atoms with Gasteiger partial charge in [-0.15, -0.1) is 11.8 Å². The van der Waals surface area contributed by atoms with Gasteiger partial charge in [0.05, 0.1) is 6.10 Å². The highest BCUT2D eigenvalue weighted by molar-refractivity contribution is 7.99. The second kappa shape index (κ2) is 6.33. The van der Waals surface area contributed by atoms with E-state index in [9.17, 15) is 18.3 Å². The van der Waals surface area contributed by atoms with Crippen LogP contribution in [-0.4, -0.2) is 10.9 Å². The quantitative estimate of drug-likeness (QED) is 0.852. The van der Waals surface area contributed by atoms with Gasteiger partial charge in [-0.1, -0.05) is 18.2 Å². The largest absolute Gasteiger partial charge is 0.387 e. The van der Waals surface area contributed by atoms with Crippen LogP contribution in [0.4, 0.5) is 13.2 Å². The van der Waals surface area contributed by atoms with Gasteiger partial charge in [-0.25, -0.2) is 13.2 Å². The van der Waals surface area contributed by atoms with E-state index in [-0.39, 0.29) is 22.7 Å². The lowest BCUT2D eigenvalue weighted by molar-refractivity contribution is 0.197. The fourth-order valence-electron chi connectivity index (χ4n) is 1.74. The van der Waals surface area contributed by atoms with Crippen LogP contribution in [0.15, 0.2) is 41.3 Å². The van der Waals surface area contributed by atoms with Crippen molar-refractivity contribution in [2.45, 2.75) is 17.9 Å². The van der Waals surface area contributed by atoms with E-state index in [0.29, 0.717) is 4.90 Å². The standard InChI is InChI=1S/C15H13F3OS/c1-9-5-6-12(15(18)14(9)17)13(19)8-20-11-4-2-3-10(16)7-11/h2-7,13,19H,8H2,1H3. The van der Waals surface area contributed by atoms with Crippen LogP contribution < -0.4 is 0 Å². The second-order valence-corrected chi connectivity index (χ2v) is 5.48. The first-order chi connectivity index (χ1) is 9.49. The maximum Gasteiger partial charge on any atom is 0.164 e. The lowest BCUT2D eigenvalue weighted by atomic mass is 10.1. The number of benzene rings is 2. The molecule has 0 amide bonds. The van der Waals surface area contributed by atoms with Crippen molar-refractivity contribution < 1.29 is 18.3 Å². The van der Waals surface area contributed by atoms with Crippen molar-refractivity contribution in [1.29, 1.82) is 0 Å². The first kappa shape index (κ1) is 14.9. The van der Waals surface area contributed by atoms with Gasteiger partial charge >= 0.3 is 0 Å². The van der Waals surface area contributed by atoms with Crippen molar-refractivity contribution >= 4 is 11.8 Å². The molecule has 2 aromatic rings. The molecule has 2 aromatic carbocycles. The van der Waals surface area contributed by atoms with Crippen molar-refractivity contribution in [3.05, 3.63) is 65.0 Å². The average molecular weight is 298 g/mol. The number of hydrogen-bond donors (Lipinski definition) is 1. The van der Waals surface area contributed by atoms with E-state index in [1.54, 1.807) is 12.1 Å². The molecule has 0 bridgehead atoms. The zero-order chi connectivity index (χ0) is 14.7. The second-order valence-electron chi connectivity index (χ2n) is 4.38. The molecule has 1 unspecified atom stereocenters. The van der Waals surface area contributed by atoms with E-state index >= 15 is 0 Å². The van der Waals surface area contributed by atoms with Crippen LogP contribution in [0.5, 0.6) is 0 Å². The molecule has 1 N–H and O–H groups in total. The molecular weight excluding hydrogens is 285 g/mol. The summed E-state index contributed by atoms with van der Waals surface area (Å²) in [4.78, 5) is 0.622. The number of halogens is 3. The van der Waals surface area contributed by atoms with E-state index in [0.717, 1.165) is 0 Å². The minimum atomic E-state index is -1.15. The van der Waals surface area contributed by atoms with Crippen LogP contribution in [0.2, 0.25) is 0 Å². The molecule has 0 radical (unpaired) electrons. The van der Waals surface area contributed by atoms with Gasteiger partial charge in [-0.05, 0) is 30.7 Å². The van der Waals surface area contributed by atoms with Gasteiger partial charge in [0.2, 0.25) is 0 Å². The number of aliphatic hydroxyl groups excluding tert-OH is 1. The monoisotopic (exact) mass is 298 g/mol. The predicted molar refractivity (Wildman–Crippen MR) is 73.2 cm³/mol. The SMILES string of the molecule is Cc1ccc(C(O)CSc2cccc(F)c2)c(F)c1F. The molecule has 0 aliphatic rings. The van der Waals surface area contributed by atoms with Crippen LogP contribution in [0.3, 0.4) is 0 Å². The Balaban J connectivity index is 2.09. The average Bonchev–Trinajstić information content (AvgIpc) is 2.42. The normalized spacial score (nSPS) is 12.4. The molecule has 20 heavy (non-hydrogen) atoms. The fourth-order valence-corrected chi connectivity index (χ4v) is 2.64. The molecule has 0 saturated carbocycles. The third-order valence-corrected chi connectivity index (χ3v) is 3.94. The number of aryl methyl sites for hydroxylation is 1. The lowest BCUT2D eigenvalue weighted by Gasteiger charge is -2.13. The highest BCUT2D eigenvalue weighted by atomic mass is 32.2. The third kappa shape index (κ3) is 3.35. The van der Waals surface area contributed by atoms with E-state index in [4.69, 9.17) is 0 Å². The Kier molecular flexibility index (Phi) is 4.73. The van der Waals surface area contributed by atoms with Crippen molar-refractivity contribution in [2.75, 3.05) is 5.75 Å². The Morgan fingerprint density at radius 2 is 1.85 bits per heavy atom. The maximum absolute atomic E-state index is 13.7.